The third-order valence-corrected chi connectivity index (χ3v) is 7.18. The van der Waals surface area contributed by atoms with Gasteiger partial charge < -0.3 is 14.5 Å². The maximum Gasteiger partial charge on any atom is 0.258 e. The molecule has 6 rings (SSSR count). The van der Waals surface area contributed by atoms with Gasteiger partial charge in [0, 0.05) is 17.8 Å². The summed E-state index contributed by atoms with van der Waals surface area (Å²) < 4.78 is 6.53. The lowest BCUT2D eigenvalue weighted by molar-refractivity contribution is 0.0734. The van der Waals surface area contributed by atoms with Gasteiger partial charge in [-0.05, 0) is 80.4 Å². The first-order valence-electron chi connectivity index (χ1n) is 10.3. The van der Waals surface area contributed by atoms with Crippen molar-refractivity contribution < 1.29 is 9.53 Å². The van der Waals surface area contributed by atoms with Crippen molar-refractivity contribution in [3.05, 3.63) is 76.6 Å². The molecule has 0 aliphatic carbocycles. The Kier molecular flexibility index (Phi) is 5.50. The predicted octanol–water partition coefficient (Wildman–Crippen LogP) is 5.93. The van der Waals surface area contributed by atoms with Gasteiger partial charge in [-0.2, -0.15) is 0 Å². The molecule has 1 amide bonds. The van der Waals surface area contributed by atoms with Crippen LogP contribution in [0.2, 0.25) is 4.34 Å². The Balaban J connectivity index is 1.40. The van der Waals surface area contributed by atoms with Crippen molar-refractivity contribution >= 4 is 34.5 Å². The van der Waals surface area contributed by atoms with Crippen LogP contribution in [0, 0.1) is 5.92 Å². The minimum atomic E-state index is 0.0469. The van der Waals surface area contributed by atoms with E-state index in [4.69, 9.17) is 16.3 Å². The fraction of sp³-hybridized carbons (Fsp3) is 0.292. The normalized spacial score (nSPS) is 22.6. The first-order chi connectivity index (χ1) is 14.7. The first kappa shape index (κ1) is 19.6. The van der Waals surface area contributed by atoms with E-state index < -0.39 is 0 Å². The highest BCUT2D eigenvalue weighted by atomic mass is 35.5. The maximum absolute atomic E-state index is 13.6. The summed E-state index contributed by atoms with van der Waals surface area (Å²) in [4.78, 5) is 18.1. The Morgan fingerprint density at radius 3 is 2.33 bits per heavy atom. The second-order valence-corrected chi connectivity index (χ2v) is 9.58. The minimum absolute atomic E-state index is 0.0469. The molecule has 2 bridgehead atoms. The van der Waals surface area contributed by atoms with Crippen molar-refractivity contribution in [3.63, 3.8) is 0 Å². The summed E-state index contributed by atoms with van der Waals surface area (Å²) in [5.41, 5.74) is 1.64. The van der Waals surface area contributed by atoms with Crippen LogP contribution in [0.15, 0.2) is 66.7 Å². The van der Waals surface area contributed by atoms with Crippen LogP contribution >= 0.6 is 22.9 Å². The molecule has 3 aliphatic rings. The van der Waals surface area contributed by atoms with Crippen molar-refractivity contribution in [3.8, 4) is 10.8 Å². The van der Waals surface area contributed by atoms with Crippen LogP contribution in [0.4, 0.5) is 5.69 Å². The van der Waals surface area contributed by atoms with Gasteiger partial charge in [0.05, 0.1) is 10.4 Å². The van der Waals surface area contributed by atoms with E-state index in [1.807, 2.05) is 71.6 Å². The molecule has 154 valence electrons. The number of hydrogen-bond donors (Lipinski definition) is 0. The number of thiophene rings is 1. The van der Waals surface area contributed by atoms with Gasteiger partial charge in [-0.25, -0.2) is 0 Å². The van der Waals surface area contributed by atoms with Crippen LogP contribution in [-0.4, -0.2) is 36.5 Å². The molecule has 0 unspecified atom stereocenters. The highest BCUT2D eigenvalue weighted by molar-refractivity contribution is 7.17. The van der Waals surface area contributed by atoms with Crippen LogP contribution in [0.5, 0.6) is 10.8 Å². The predicted molar refractivity (Wildman–Crippen MR) is 122 cm³/mol. The largest absolute Gasteiger partial charge is 0.447 e. The summed E-state index contributed by atoms with van der Waals surface area (Å²) in [5, 5.41) is 0.734. The zero-order valence-electron chi connectivity index (χ0n) is 16.5. The standard InChI is InChI=1S/C24H23ClN2O2S/c25-22-10-11-23(30-22)29-20-8-6-18(7-9-20)24(28)27(19-4-2-1-3-5-19)21-16-26-14-12-17(21)13-15-26/h1-11,17,21H,12-16H2/t21-/m0/s1. The zero-order valence-corrected chi connectivity index (χ0v) is 18.1. The number of rotatable bonds is 5. The third kappa shape index (κ3) is 3.97. The van der Waals surface area contributed by atoms with E-state index in [2.05, 4.69) is 4.90 Å². The van der Waals surface area contributed by atoms with E-state index in [1.54, 1.807) is 0 Å². The Morgan fingerprint density at radius 1 is 1.00 bits per heavy atom. The van der Waals surface area contributed by atoms with E-state index in [1.165, 1.54) is 11.3 Å². The van der Waals surface area contributed by atoms with Gasteiger partial charge >= 0.3 is 0 Å². The summed E-state index contributed by atoms with van der Waals surface area (Å²) in [6.07, 6.45) is 2.33. The molecule has 0 N–H and O–H groups in total. The highest BCUT2D eigenvalue weighted by Gasteiger charge is 2.40. The number of fused-ring (bicyclic) bond motifs is 3. The molecule has 2 aromatic carbocycles. The summed E-state index contributed by atoms with van der Waals surface area (Å²) in [5.74, 6) is 1.30. The van der Waals surface area contributed by atoms with Crippen LogP contribution in [0.1, 0.15) is 23.2 Å². The van der Waals surface area contributed by atoms with Crippen molar-refractivity contribution in [1.29, 1.82) is 0 Å². The van der Waals surface area contributed by atoms with Gasteiger partial charge in [0.25, 0.3) is 5.91 Å². The monoisotopic (exact) mass is 438 g/mol. The number of benzene rings is 2. The molecular formula is C24H23ClN2O2S. The summed E-state index contributed by atoms with van der Waals surface area (Å²) in [6.45, 7) is 3.25. The molecule has 0 spiro atoms. The van der Waals surface area contributed by atoms with Gasteiger partial charge in [-0.1, -0.05) is 41.1 Å². The molecule has 4 nitrogen and oxygen atoms in total. The summed E-state index contributed by atoms with van der Waals surface area (Å²) >= 11 is 7.36. The molecule has 1 aromatic heterocycles. The average Bonchev–Trinajstić information content (AvgIpc) is 3.20. The molecule has 3 aliphatic heterocycles. The van der Waals surface area contributed by atoms with Crippen LogP contribution in [0.3, 0.4) is 0 Å². The van der Waals surface area contributed by atoms with Gasteiger partial charge in [0.2, 0.25) is 0 Å². The van der Waals surface area contributed by atoms with E-state index >= 15 is 0 Å². The molecule has 0 saturated carbocycles. The Morgan fingerprint density at radius 2 is 1.73 bits per heavy atom. The second-order valence-electron chi connectivity index (χ2n) is 7.90. The number of nitrogens with zero attached hydrogens (tertiary/aromatic N) is 2. The number of amides is 1. The van der Waals surface area contributed by atoms with Crippen molar-refractivity contribution in [2.24, 2.45) is 5.92 Å². The molecule has 4 heterocycles. The van der Waals surface area contributed by atoms with Crippen molar-refractivity contribution in [2.45, 2.75) is 18.9 Å². The number of carbonyl (C=O) groups excluding carboxylic acids is 1. The van der Waals surface area contributed by atoms with Crippen molar-refractivity contribution in [1.82, 2.24) is 4.90 Å². The number of anilines is 1. The van der Waals surface area contributed by atoms with Crippen LogP contribution in [-0.2, 0) is 0 Å². The van der Waals surface area contributed by atoms with Gasteiger partial charge in [-0.15, -0.1) is 0 Å². The lowest BCUT2D eigenvalue weighted by Crippen LogP contribution is -2.59. The SMILES string of the molecule is O=C(c1ccc(Oc2ccc(Cl)s2)cc1)N(c1ccccc1)[C@H]1CN2CCC1CC2. The molecule has 1 atom stereocenters. The molecule has 3 saturated heterocycles. The Hall–Kier alpha value is -2.34. The topological polar surface area (TPSA) is 32.8 Å². The van der Waals surface area contributed by atoms with Gasteiger partial charge in [0.15, 0.2) is 5.06 Å². The quantitative estimate of drug-likeness (QED) is 0.494. The lowest BCUT2D eigenvalue weighted by Gasteiger charge is -2.49. The van der Waals surface area contributed by atoms with Gasteiger partial charge in [0.1, 0.15) is 5.75 Å². The minimum Gasteiger partial charge on any atom is -0.447 e. The molecule has 30 heavy (non-hydrogen) atoms. The summed E-state index contributed by atoms with van der Waals surface area (Å²) in [7, 11) is 0. The fourth-order valence-corrected chi connectivity index (χ4v) is 5.44. The molecule has 6 heteroatoms. The number of hydrogen-bond acceptors (Lipinski definition) is 4. The third-order valence-electron chi connectivity index (χ3n) is 6.07. The number of halogens is 1. The summed E-state index contributed by atoms with van der Waals surface area (Å²) in [6, 6.07) is 21.3. The number of ether oxygens (including phenoxy) is 1. The smallest absolute Gasteiger partial charge is 0.258 e. The molecule has 3 fully saturated rings. The van der Waals surface area contributed by atoms with Crippen molar-refractivity contribution in [2.75, 3.05) is 24.5 Å². The number of carbonyl (C=O) groups is 1. The van der Waals surface area contributed by atoms with Crippen LogP contribution in [0.25, 0.3) is 0 Å². The van der Waals surface area contributed by atoms with E-state index in [0.717, 1.165) is 43.2 Å². The van der Waals surface area contributed by atoms with Gasteiger partial charge in [-0.3, -0.25) is 4.79 Å². The van der Waals surface area contributed by atoms with E-state index in [9.17, 15) is 4.79 Å². The van der Waals surface area contributed by atoms with E-state index in [-0.39, 0.29) is 11.9 Å². The van der Waals surface area contributed by atoms with Crippen LogP contribution < -0.4 is 9.64 Å². The maximum atomic E-state index is 13.6. The lowest BCUT2D eigenvalue weighted by atomic mass is 9.82. The molecule has 0 radical (unpaired) electrons. The zero-order chi connectivity index (χ0) is 20.5. The van der Waals surface area contributed by atoms with E-state index in [0.29, 0.717) is 21.6 Å². The first-order valence-corrected chi connectivity index (χ1v) is 11.5. The second kappa shape index (κ2) is 8.42. The highest BCUT2D eigenvalue weighted by Crippen LogP contribution is 2.35. The Bertz CT molecular complexity index is 1010. The molecular weight excluding hydrogens is 416 g/mol. The Labute approximate surface area is 185 Å². The fourth-order valence-electron chi connectivity index (χ4n) is 4.55. The number of piperidine rings is 3. The molecule has 3 aromatic rings. The number of para-hydroxylation sites is 1. The average molecular weight is 439 g/mol.